The number of fused-ring (bicyclic) bond motifs is 1. The first kappa shape index (κ1) is 13.1. The van der Waals surface area contributed by atoms with Gasteiger partial charge in [0.1, 0.15) is 6.61 Å². The topological polar surface area (TPSA) is 63.2 Å². The molecule has 3 heterocycles. The van der Waals surface area contributed by atoms with E-state index in [0.29, 0.717) is 18.8 Å². The van der Waals surface area contributed by atoms with E-state index in [9.17, 15) is 0 Å². The standard InChI is InChI=1S/C16H14N4O/c1-12-14(6-7-17)20-9-3-5-15(16(20)19-12)21-11-13-4-2-8-18-10-13/h2-5,8-10H,6,11H2,1H3. The van der Waals surface area contributed by atoms with Gasteiger partial charge in [-0.05, 0) is 25.1 Å². The summed E-state index contributed by atoms with van der Waals surface area (Å²) in [5.41, 5.74) is 3.50. The number of ether oxygens (including phenoxy) is 1. The zero-order valence-electron chi connectivity index (χ0n) is 11.7. The van der Waals surface area contributed by atoms with Gasteiger partial charge in [0.15, 0.2) is 11.4 Å². The molecule has 0 saturated carbocycles. The third-order valence-electron chi connectivity index (χ3n) is 3.28. The van der Waals surface area contributed by atoms with E-state index in [1.165, 1.54) is 0 Å². The number of aromatic nitrogens is 3. The van der Waals surface area contributed by atoms with Gasteiger partial charge >= 0.3 is 0 Å². The molecule has 0 aromatic carbocycles. The number of nitrogens with zero attached hydrogens (tertiary/aromatic N) is 4. The highest BCUT2D eigenvalue weighted by molar-refractivity contribution is 5.56. The summed E-state index contributed by atoms with van der Waals surface area (Å²) in [4.78, 5) is 8.58. The average Bonchev–Trinajstić information content (AvgIpc) is 2.83. The summed E-state index contributed by atoms with van der Waals surface area (Å²) in [5, 5.41) is 8.91. The summed E-state index contributed by atoms with van der Waals surface area (Å²) in [6.45, 7) is 2.34. The van der Waals surface area contributed by atoms with Crippen LogP contribution in [-0.2, 0) is 13.0 Å². The van der Waals surface area contributed by atoms with Gasteiger partial charge in [0, 0.05) is 24.2 Å². The summed E-state index contributed by atoms with van der Waals surface area (Å²) in [5.74, 6) is 0.702. The van der Waals surface area contributed by atoms with Crippen LogP contribution in [0.3, 0.4) is 0 Å². The Morgan fingerprint density at radius 1 is 1.33 bits per heavy atom. The predicted molar refractivity (Wildman–Crippen MR) is 77.8 cm³/mol. The first-order valence-corrected chi connectivity index (χ1v) is 6.65. The van der Waals surface area contributed by atoms with Gasteiger partial charge in [0.2, 0.25) is 0 Å². The second kappa shape index (κ2) is 5.63. The zero-order valence-corrected chi connectivity index (χ0v) is 11.7. The van der Waals surface area contributed by atoms with Crippen LogP contribution in [0.25, 0.3) is 5.65 Å². The minimum atomic E-state index is 0.332. The summed E-state index contributed by atoms with van der Waals surface area (Å²) < 4.78 is 7.76. The van der Waals surface area contributed by atoms with Gasteiger partial charge in [-0.3, -0.25) is 9.38 Å². The van der Waals surface area contributed by atoms with Crippen molar-refractivity contribution in [1.82, 2.24) is 14.4 Å². The third kappa shape index (κ3) is 2.56. The normalized spacial score (nSPS) is 10.5. The molecule has 21 heavy (non-hydrogen) atoms. The van der Waals surface area contributed by atoms with Crippen LogP contribution in [0.15, 0.2) is 42.9 Å². The van der Waals surface area contributed by atoms with E-state index in [2.05, 4.69) is 16.0 Å². The molecular formula is C16H14N4O. The fourth-order valence-electron chi connectivity index (χ4n) is 2.25. The zero-order chi connectivity index (χ0) is 14.7. The van der Waals surface area contributed by atoms with Crippen molar-refractivity contribution >= 4 is 5.65 Å². The minimum absolute atomic E-state index is 0.332. The Morgan fingerprint density at radius 3 is 3.00 bits per heavy atom. The predicted octanol–water partition coefficient (Wildman–Crippen LogP) is 2.68. The van der Waals surface area contributed by atoms with Gasteiger partial charge < -0.3 is 4.74 Å². The van der Waals surface area contributed by atoms with Crippen molar-refractivity contribution in [2.24, 2.45) is 0 Å². The van der Waals surface area contributed by atoms with E-state index >= 15 is 0 Å². The molecule has 0 fully saturated rings. The average molecular weight is 278 g/mol. The van der Waals surface area contributed by atoms with Gasteiger partial charge in [0.05, 0.1) is 23.9 Å². The fourth-order valence-corrected chi connectivity index (χ4v) is 2.25. The molecule has 5 nitrogen and oxygen atoms in total. The number of nitriles is 1. The molecule has 0 spiro atoms. The molecular weight excluding hydrogens is 264 g/mol. The molecule has 0 unspecified atom stereocenters. The molecule has 0 bridgehead atoms. The smallest absolute Gasteiger partial charge is 0.180 e. The van der Waals surface area contributed by atoms with Crippen LogP contribution in [0.5, 0.6) is 5.75 Å². The lowest BCUT2D eigenvalue weighted by Crippen LogP contribution is -1.99. The van der Waals surface area contributed by atoms with Gasteiger partial charge in [-0.25, -0.2) is 4.98 Å². The Labute approximate surface area is 122 Å². The maximum atomic E-state index is 8.91. The van der Waals surface area contributed by atoms with Crippen molar-refractivity contribution in [3.8, 4) is 11.8 Å². The Hall–Kier alpha value is -2.87. The van der Waals surface area contributed by atoms with Crippen LogP contribution >= 0.6 is 0 Å². The lowest BCUT2D eigenvalue weighted by molar-refractivity contribution is 0.307. The second-order valence-corrected chi connectivity index (χ2v) is 4.69. The molecule has 0 amide bonds. The van der Waals surface area contributed by atoms with Crippen molar-refractivity contribution in [1.29, 1.82) is 5.26 Å². The summed E-state index contributed by atoms with van der Waals surface area (Å²) in [7, 11) is 0. The van der Waals surface area contributed by atoms with E-state index in [4.69, 9.17) is 10.00 Å². The lowest BCUT2D eigenvalue weighted by Gasteiger charge is -2.07. The van der Waals surface area contributed by atoms with E-state index in [-0.39, 0.29) is 0 Å². The first-order chi connectivity index (χ1) is 10.3. The quantitative estimate of drug-likeness (QED) is 0.736. The Bertz CT molecular complexity index is 802. The van der Waals surface area contributed by atoms with Crippen molar-refractivity contribution in [3.05, 3.63) is 59.8 Å². The van der Waals surface area contributed by atoms with Crippen molar-refractivity contribution in [3.63, 3.8) is 0 Å². The monoisotopic (exact) mass is 278 g/mol. The molecule has 0 atom stereocenters. The van der Waals surface area contributed by atoms with Crippen molar-refractivity contribution in [2.75, 3.05) is 0 Å². The van der Waals surface area contributed by atoms with E-state index in [0.717, 1.165) is 22.6 Å². The minimum Gasteiger partial charge on any atom is -0.485 e. The van der Waals surface area contributed by atoms with Crippen LogP contribution in [0, 0.1) is 18.3 Å². The van der Waals surface area contributed by atoms with Gasteiger partial charge in [0.25, 0.3) is 0 Å². The fraction of sp³-hybridized carbons (Fsp3) is 0.188. The van der Waals surface area contributed by atoms with Crippen LogP contribution < -0.4 is 4.74 Å². The number of hydrogen-bond acceptors (Lipinski definition) is 4. The molecule has 0 aliphatic rings. The van der Waals surface area contributed by atoms with Crippen LogP contribution in [0.1, 0.15) is 17.0 Å². The molecule has 0 radical (unpaired) electrons. The highest BCUT2D eigenvalue weighted by Gasteiger charge is 2.12. The Balaban J connectivity index is 1.93. The van der Waals surface area contributed by atoms with Crippen LogP contribution in [0.2, 0.25) is 0 Å². The maximum absolute atomic E-state index is 8.91. The number of imidazole rings is 1. The highest BCUT2D eigenvalue weighted by Crippen LogP contribution is 2.23. The van der Waals surface area contributed by atoms with E-state index in [1.807, 2.05) is 41.8 Å². The third-order valence-corrected chi connectivity index (χ3v) is 3.28. The maximum Gasteiger partial charge on any atom is 0.180 e. The second-order valence-electron chi connectivity index (χ2n) is 4.69. The van der Waals surface area contributed by atoms with Crippen molar-refractivity contribution in [2.45, 2.75) is 20.0 Å². The molecule has 0 N–H and O–H groups in total. The largest absolute Gasteiger partial charge is 0.485 e. The number of pyridine rings is 2. The molecule has 0 aliphatic carbocycles. The SMILES string of the molecule is Cc1nc2c(OCc3cccnc3)cccn2c1CC#N. The van der Waals surface area contributed by atoms with Crippen molar-refractivity contribution < 1.29 is 4.74 Å². The van der Waals surface area contributed by atoms with E-state index < -0.39 is 0 Å². The molecule has 0 aliphatic heterocycles. The Morgan fingerprint density at radius 2 is 2.24 bits per heavy atom. The summed E-state index contributed by atoms with van der Waals surface area (Å²) in [6, 6.07) is 9.79. The van der Waals surface area contributed by atoms with E-state index in [1.54, 1.807) is 12.4 Å². The van der Waals surface area contributed by atoms with Gasteiger partial charge in [-0.2, -0.15) is 5.26 Å². The number of aryl methyl sites for hydroxylation is 1. The van der Waals surface area contributed by atoms with Gasteiger partial charge in [-0.1, -0.05) is 6.07 Å². The van der Waals surface area contributed by atoms with Crippen LogP contribution in [0.4, 0.5) is 0 Å². The Kier molecular flexibility index (Phi) is 3.52. The summed E-state index contributed by atoms with van der Waals surface area (Å²) >= 11 is 0. The molecule has 3 aromatic rings. The molecule has 3 rings (SSSR count). The lowest BCUT2D eigenvalue weighted by atomic mass is 10.3. The van der Waals surface area contributed by atoms with Gasteiger partial charge in [-0.15, -0.1) is 0 Å². The number of rotatable bonds is 4. The van der Waals surface area contributed by atoms with Crippen LogP contribution in [-0.4, -0.2) is 14.4 Å². The molecule has 0 saturated heterocycles. The molecule has 3 aromatic heterocycles. The summed E-state index contributed by atoms with van der Waals surface area (Å²) in [6.07, 6.45) is 5.74. The molecule has 104 valence electrons. The molecule has 5 heteroatoms. The first-order valence-electron chi connectivity index (χ1n) is 6.65. The number of hydrogen-bond donors (Lipinski definition) is 0. The highest BCUT2D eigenvalue weighted by atomic mass is 16.5.